The molecule has 0 atom stereocenters. The first kappa shape index (κ1) is 19.7. The Morgan fingerprint density at radius 2 is 1.74 bits per heavy atom. The van der Waals surface area contributed by atoms with Gasteiger partial charge in [-0.3, -0.25) is 9.59 Å². The van der Waals surface area contributed by atoms with Crippen molar-refractivity contribution >= 4 is 39.6 Å². The number of carbonyl (C=O) groups excluding carboxylic acids is 1. The smallest absolute Gasteiger partial charge is 0.277 e. The number of amides is 1. The number of carbonyl (C=O) groups is 1. The largest absolute Gasteiger partial charge is 0.353 e. The maximum Gasteiger partial charge on any atom is 0.277 e. The van der Waals surface area contributed by atoms with Gasteiger partial charge in [0, 0.05) is 48.4 Å². The van der Waals surface area contributed by atoms with Gasteiger partial charge in [0.05, 0.1) is 0 Å². The Bertz CT molecular complexity index is 1310. The Morgan fingerprint density at radius 1 is 0.968 bits per heavy atom. The zero-order chi connectivity index (χ0) is 21.4. The van der Waals surface area contributed by atoms with Crippen molar-refractivity contribution in [3.05, 3.63) is 81.6 Å². The fraction of sp³-hybridized carbons (Fsp3) is 0.182. The van der Waals surface area contributed by atoms with E-state index in [4.69, 9.17) is 11.6 Å². The van der Waals surface area contributed by atoms with Crippen LogP contribution >= 0.6 is 22.9 Å². The second-order valence-corrected chi connectivity index (χ2v) is 8.60. The minimum absolute atomic E-state index is 0.0411. The van der Waals surface area contributed by atoms with E-state index in [0.29, 0.717) is 47.5 Å². The van der Waals surface area contributed by atoms with Gasteiger partial charge in [0.15, 0.2) is 0 Å². The van der Waals surface area contributed by atoms with Gasteiger partial charge in [-0.25, -0.2) is 4.98 Å². The molecule has 0 bridgehead atoms. The summed E-state index contributed by atoms with van der Waals surface area (Å²) in [5.41, 5.74) is 1.32. The molecular weight excluding hydrogens is 434 g/mol. The van der Waals surface area contributed by atoms with Gasteiger partial charge in [0.1, 0.15) is 10.8 Å². The van der Waals surface area contributed by atoms with Crippen molar-refractivity contribution in [2.45, 2.75) is 0 Å². The number of hydrogen-bond donors (Lipinski definition) is 0. The first-order valence-corrected chi connectivity index (χ1v) is 11.0. The predicted octanol–water partition coefficient (Wildman–Crippen LogP) is 3.43. The van der Waals surface area contributed by atoms with E-state index in [0.717, 1.165) is 10.6 Å². The van der Waals surface area contributed by atoms with Crippen LogP contribution in [0.25, 0.3) is 15.5 Å². The molecule has 7 nitrogen and oxygen atoms in total. The van der Waals surface area contributed by atoms with Crippen molar-refractivity contribution in [2.75, 3.05) is 31.1 Å². The molecule has 0 unspecified atom stereocenters. The number of benzene rings is 2. The molecule has 156 valence electrons. The molecule has 2 aromatic carbocycles. The van der Waals surface area contributed by atoms with Crippen molar-refractivity contribution in [2.24, 2.45) is 0 Å². The number of piperazine rings is 1. The lowest BCUT2D eigenvalue weighted by Gasteiger charge is -2.35. The second kappa shape index (κ2) is 8.13. The Morgan fingerprint density at radius 3 is 2.48 bits per heavy atom. The van der Waals surface area contributed by atoms with Crippen LogP contribution in [0, 0.1) is 0 Å². The maximum absolute atomic E-state index is 12.7. The van der Waals surface area contributed by atoms with Gasteiger partial charge in [0.25, 0.3) is 11.5 Å². The third kappa shape index (κ3) is 3.92. The summed E-state index contributed by atoms with van der Waals surface area (Å²) in [5, 5.41) is 5.72. The van der Waals surface area contributed by atoms with Crippen molar-refractivity contribution < 1.29 is 4.79 Å². The van der Waals surface area contributed by atoms with Gasteiger partial charge < -0.3 is 9.80 Å². The van der Waals surface area contributed by atoms with Crippen LogP contribution in [-0.2, 0) is 0 Å². The van der Waals surface area contributed by atoms with Crippen LogP contribution in [0.4, 0.5) is 5.82 Å². The first-order valence-electron chi connectivity index (χ1n) is 9.85. The van der Waals surface area contributed by atoms with E-state index in [1.165, 1.54) is 21.9 Å². The van der Waals surface area contributed by atoms with Crippen molar-refractivity contribution in [1.82, 2.24) is 19.5 Å². The molecule has 3 heterocycles. The molecule has 0 saturated carbocycles. The monoisotopic (exact) mass is 451 g/mol. The third-order valence-corrected chi connectivity index (χ3v) is 6.41. The molecule has 5 rings (SSSR count). The summed E-state index contributed by atoms with van der Waals surface area (Å²) in [4.78, 5) is 34.4. The molecule has 0 aliphatic carbocycles. The molecule has 1 amide bonds. The average Bonchev–Trinajstić information content (AvgIpc) is 3.24. The Labute approximate surface area is 187 Å². The quantitative estimate of drug-likeness (QED) is 0.477. The summed E-state index contributed by atoms with van der Waals surface area (Å²) in [6, 6.07) is 18.2. The van der Waals surface area contributed by atoms with Gasteiger partial charge >= 0.3 is 0 Å². The molecule has 1 saturated heterocycles. The second-order valence-electron chi connectivity index (χ2n) is 7.21. The molecule has 1 fully saturated rings. The standard InChI is InChI=1S/C22H18ClN5O2S/c23-17-8-4-7-16(13-17)21(30)27-11-9-26(10-12-27)18-14-19(29)28-22(24-18)31-20(25-28)15-5-2-1-3-6-15/h1-8,13-14H,9-12H2. The zero-order valence-electron chi connectivity index (χ0n) is 16.4. The number of hydrogen-bond acceptors (Lipinski definition) is 6. The maximum atomic E-state index is 12.7. The highest BCUT2D eigenvalue weighted by Crippen LogP contribution is 2.25. The summed E-state index contributed by atoms with van der Waals surface area (Å²) in [6.45, 7) is 2.28. The number of fused-ring (bicyclic) bond motifs is 1. The summed E-state index contributed by atoms with van der Waals surface area (Å²) < 4.78 is 1.34. The summed E-state index contributed by atoms with van der Waals surface area (Å²) >= 11 is 7.40. The van der Waals surface area contributed by atoms with Gasteiger partial charge in [-0.2, -0.15) is 9.61 Å². The fourth-order valence-corrected chi connectivity index (χ4v) is 4.70. The Kier molecular flexibility index (Phi) is 5.17. The zero-order valence-corrected chi connectivity index (χ0v) is 18.0. The van der Waals surface area contributed by atoms with Crippen LogP contribution < -0.4 is 10.5 Å². The van der Waals surface area contributed by atoms with E-state index in [1.807, 2.05) is 35.2 Å². The molecule has 2 aromatic heterocycles. The molecule has 1 aliphatic rings. The van der Waals surface area contributed by atoms with Crippen molar-refractivity contribution in [1.29, 1.82) is 0 Å². The molecule has 9 heteroatoms. The van der Waals surface area contributed by atoms with E-state index in [9.17, 15) is 9.59 Å². The van der Waals surface area contributed by atoms with E-state index in [1.54, 1.807) is 29.2 Å². The topological polar surface area (TPSA) is 70.8 Å². The van der Waals surface area contributed by atoms with Crippen molar-refractivity contribution in [3.8, 4) is 10.6 Å². The van der Waals surface area contributed by atoms with Crippen LogP contribution in [0.5, 0.6) is 0 Å². The highest BCUT2D eigenvalue weighted by molar-refractivity contribution is 7.19. The average molecular weight is 452 g/mol. The highest BCUT2D eigenvalue weighted by atomic mass is 35.5. The van der Waals surface area contributed by atoms with Crippen LogP contribution in [-0.4, -0.2) is 51.6 Å². The van der Waals surface area contributed by atoms with Crippen molar-refractivity contribution in [3.63, 3.8) is 0 Å². The van der Waals surface area contributed by atoms with E-state index < -0.39 is 0 Å². The lowest BCUT2D eigenvalue weighted by Crippen LogP contribution is -2.49. The Hall–Kier alpha value is -3.23. The molecule has 1 aliphatic heterocycles. The molecule has 4 aromatic rings. The SMILES string of the molecule is O=C(c1cccc(Cl)c1)N1CCN(c2cc(=O)n3nc(-c4ccccc4)sc3n2)CC1. The van der Waals surface area contributed by atoms with Gasteiger partial charge in [-0.05, 0) is 18.2 Å². The van der Waals surface area contributed by atoms with Crippen LogP contribution in [0.1, 0.15) is 10.4 Å². The minimum Gasteiger partial charge on any atom is -0.353 e. The first-order chi connectivity index (χ1) is 15.1. The number of halogens is 1. The molecule has 0 N–H and O–H groups in total. The summed E-state index contributed by atoms with van der Waals surface area (Å²) in [6.07, 6.45) is 0. The number of nitrogens with zero attached hydrogens (tertiary/aromatic N) is 5. The van der Waals surface area contributed by atoms with Gasteiger partial charge in [0.2, 0.25) is 4.96 Å². The highest BCUT2D eigenvalue weighted by Gasteiger charge is 2.24. The van der Waals surface area contributed by atoms with Crippen LogP contribution in [0.3, 0.4) is 0 Å². The van der Waals surface area contributed by atoms with E-state index in [-0.39, 0.29) is 11.5 Å². The number of anilines is 1. The predicted molar refractivity (Wildman–Crippen MR) is 122 cm³/mol. The molecule has 0 radical (unpaired) electrons. The fourth-order valence-electron chi connectivity index (χ4n) is 3.60. The van der Waals surface area contributed by atoms with Crippen LogP contribution in [0.15, 0.2) is 65.5 Å². The number of aromatic nitrogens is 3. The van der Waals surface area contributed by atoms with Gasteiger partial charge in [-0.15, -0.1) is 0 Å². The normalized spacial score (nSPS) is 14.2. The van der Waals surface area contributed by atoms with E-state index >= 15 is 0 Å². The van der Waals surface area contributed by atoms with Crippen LogP contribution in [0.2, 0.25) is 5.02 Å². The number of rotatable bonds is 3. The Balaban J connectivity index is 1.35. The lowest BCUT2D eigenvalue weighted by molar-refractivity contribution is 0.0746. The summed E-state index contributed by atoms with van der Waals surface area (Å²) in [5.74, 6) is 0.573. The molecule has 31 heavy (non-hydrogen) atoms. The van der Waals surface area contributed by atoms with Gasteiger partial charge in [-0.1, -0.05) is 59.3 Å². The summed E-state index contributed by atoms with van der Waals surface area (Å²) in [7, 11) is 0. The molecule has 0 spiro atoms. The van der Waals surface area contributed by atoms with E-state index in [2.05, 4.69) is 10.1 Å². The lowest BCUT2D eigenvalue weighted by atomic mass is 10.2. The minimum atomic E-state index is -0.212. The third-order valence-electron chi connectivity index (χ3n) is 5.21. The molecular formula is C22H18ClN5O2S.